The molecule has 3 N–H and O–H groups in total. The van der Waals surface area contributed by atoms with Gasteiger partial charge in [-0.2, -0.15) is 0 Å². The van der Waals surface area contributed by atoms with Gasteiger partial charge in [0.1, 0.15) is 0 Å². The number of nitro benzene ring substituents is 1. The fourth-order valence-corrected chi connectivity index (χ4v) is 2.40. The maximum absolute atomic E-state index is 12.3. The summed E-state index contributed by atoms with van der Waals surface area (Å²) in [6, 6.07) is 3.37. The van der Waals surface area contributed by atoms with Gasteiger partial charge in [0, 0.05) is 12.1 Å². The van der Waals surface area contributed by atoms with Crippen molar-refractivity contribution in [3.8, 4) is 0 Å². The number of anilines is 1. The summed E-state index contributed by atoms with van der Waals surface area (Å²) in [5.74, 6) is -0.443. The van der Waals surface area contributed by atoms with Crippen molar-refractivity contribution in [3.05, 3.63) is 33.3 Å². The molecule has 1 aromatic rings. The smallest absolute Gasteiger partial charge is 0.282 e. The number of nitrogens with zero attached hydrogens (tertiary/aromatic N) is 1. The first-order valence-electron chi connectivity index (χ1n) is 6.74. The van der Waals surface area contributed by atoms with Gasteiger partial charge in [0.25, 0.3) is 17.5 Å². The Morgan fingerprint density at radius 2 is 2.27 bits per heavy atom. The molecule has 1 aromatic carbocycles. The maximum atomic E-state index is 12.3. The lowest BCUT2D eigenvalue weighted by atomic mass is 10.2. The van der Waals surface area contributed by atoms with Gasteiger partial charge in [0.2, 0.25) is 0 Å². The van der Waals surface area contributed by atoms with Gasteiger partial charge in [0.15, 0.2) is 12.6 Å². The minimum Gasteiger partial charge on any atom is -0.346 e. The number of rotatable bonds is 4. The van der Waals surface area contributed by atoms with Crippen LogP contribution in [0.15, 0.2) is 18.2 Å². The number of hydrogen-bond acceptors (Lipinski definition) is 4. The number of amides is 2. The Balaban J connectivity index is 2.09. The van der Waals surface area contributed by atoms with Crippen molar-refractivity contribution in [1.29, 1.82) is 0 Å². The third-order valence-electron chi connectivity index (χ3n) is 3.58. The highest BCUT2D eigenvalue weighted by molar-refractivity contribution is 6.33. The van der Waals surface area contributed by atoms with Crippen LogP contribution in [0, 0.1) is 10.1 Å². The second kappa shape index (κ2) is 6.71. The number of nitro groups is 1. The van der Waals surface area contributed by atoms with Crippen LogP contribution in [-0.2, 0) is 9.59 Å². The number of non-ortho nitro benzene ring substituents is 1. The summed E-state index contributed by atoms with van der Waals surface area (Å²) < 4.78 is 0. The quantitative estimate of drug-likeness (QED) is 0.516. The molecule has 2 atom stereocenters. The number of piperazine rings is 1. The van der Waals surface area contributed by atoms with E-state index < -0.39 is 11.0 Å². The highest BCUT2D eigenvalue weighted by atomic mass is 35.5. The zero-order valence-electron chi connectivity index (χ0n) is 11.9. The van der Waals surface area contributed by atoms with Crippen LogP contribution in [0.2, 0.25) is 5.02 Å². The molecule has 0 aromatic heterocycles. The van der Waals surface area contributed by atoms with Crippen LogP contribution in [-0.4, -0.2) is 42.4 Å². The Bertz CT molecular complexity index is 622. The molecule has 0 spiro atoms. The number of quaternary nitrogens is 1. The first kappa shape index (κ1) is 16.2. The molecule has 2 rings (SSSR count). The van der Waals surface area contributed by atoms with Crippen molar-refractivity contribution in [2.45, 2.75) is 13.0 Å². The van der Waals surface area contributed by atoms with Crippen molar-refractivity contribution in [1.82, 2.24) is 5.32 Å². The highest BCUT2D eigenvalue weighted by Crippen LogP contribution is 2.26. The van der Waals surface area contributed by atoms with Crippen molar-refractivity contribution in [2.24, 2.45) is 0 Å². The molecule has 1 aliphatic heterocycles. The van der Waals surface area contributed by atoms with Crippen LogP contribution in [0.1, 0.15) is 6.92 Å². The molecule has 1 aliphatic rings. The molecule has 2 amide bonds. The van der Waals surface area contributed by atoms with Gasteiger partial charge in [-0.1, -0.05) is 11.6 Å². The SMILES string of the molecule is C[C@@H](C(=O)Nc1cc([N+](=O)[O-])ccc1Cl)[NH+]1CCNC(=O)C1. The van der Waals surface area contributed by atoms with Crippen molar-refractivity contribution >= 4 is 34.8 Å². The van der Waals surface area contributed by atoms with Crippen LogP contribution >= 0.6 is 11.6 Å². The lowest BCUT2D eigenvalue weighted by Crippen LogP contribution is -3.19. The minimum absolute atomic E-state index is 0.103. The van der Waals surface area contributed by atoms with E-state index in [4.69, 9.17) is 11.6 Å². The number of carbonyl (C=O) groups is 2. The molecular formula is C13H16ClN4O4+. The van der Waals surface area contributed by atoms with E-state index in [1.54, 1.807) is 6.92 Å². The summed E-state index contributed by atoms with van der Waals surface area (Å²) in [4.78, 5) is 34.7. The third-order valence-corrected chi connectivity index (χ3v) is 3.91. The van der Waals surface area contributed by atoms with E-state index in [9.17, 15) is 19.7 Å². The maximum Gasteiger partial charge on any atom is 0.282 e. The Morgan fingerprint density at radius 1 is 1.55 bits per heavy atom. The summed E-state index contributed by atoms with van der Waals surface area (Å²) in [6.07, 6.45) is 0. The van der Waals surface area contributed by atoms with Crippen LogP contribution in [0.3, 0.4) is 0 Å². The van der Waals surface area contributed by atoms with Crippen LogP contribution in [0.5, 0.6) is 0 Å². The molecular weight excluding hydrogens is 312 g/mol. The van der Waals surface area contributed by atoms with Crippen molar-refractivity contribution < 1.29 is 19.4 Å². The Hall–Kier alpha value is -2.19. The summed E-state index contributed by atoms with van der Waals surface area (Å²) >= 11 is 5.95. The fraction of sp³-hybridized carbons (Fsp3) is 0.385. The summed E-state index contributed by atoms with van der Waals surface area (Å²) in [5, 5.41) is 16.3. The molecule has 0 radical (unpaired) electrons. The number of hydrogen-bond donors (Lipinski definition) is 3. The first-order chi connectivity index (χ1) is 10.4. The highest BCUT2D eigenvalue weighted by Gasteiger charge is 2.30. The van der Waals surface area contributed by atoms with Gasteiger partial charge in [0.05, 0.1) is 28.7 Å². The summed E-state index contributed by atoms with van der Waals surface area (Å²) in [7, 11) is 0. The van der Waals surface area contributed by atoms with Gasteiger partial charge in [-0.05, 0) is 13.0 Å². The number of benzene rings is 1. The van der Waals surface area contributed by atoms with E-state index in [2.05, 4.69) is 10.6 Å². The fourth-order valence-electron chi connectivity index (χ4n) is 2.24. The van der Waals surface area contributed by atoms with E-state index in [-0.39, 0.29) is 34.8 Å². The van der Waals surface area contributed by atoms with E-state index >= 15 is 0 Å². The van der Waals surface area contributed by atoms with Crippen LogP contribution in [0.4, 0.5) is 11.4 Å². The van der Waals surface area contributed by atoms with Gasteiger partial charge >= 0.3 is 0 Å². The number of carbonyl (C=O) groups excluding carboxylic acids is 2. The zero-order chi connectivity index (χ0) is 16.3. The number of nitrogens with one attached hydrogen (secondary N) is 3. The minimum atomic E-state index is -0.560. The molecule has 22 heavy (non-hydrogen) atoms. The molecule has 0 saturated carbocycles. The second-order valence-electron chi connectivity index (χ2n) is 5.07. The Kier molecular flexibility index (Phi) is 4.94. The summed E-state index contributed by atoms with van der Waals surface area (Å²) in [6.45, 7) is 3.08. The lowest BCUT2D eigenvalue weighted by molar-refractivity contribution is -0.907. The standard InChI is InChI=1S/C13H15ClN4O4/c1-8(17-5-4-15-12(19)7-17)13(20)16-11-6-9(18(21)22)2-3-10(11)14/h2-3,6,8H,4-5,7H2,1H3,(H,15,19)(H,16,20)/p+1/t8-/m0/s1. The van der Waals surface area contributed by atoms with Crippen molar-refractivity contribution in [3.63, 3.8) is 0 Å². The summed E-state index contributed by atoms with van der Waals surface area (Å²) in [5.41, 5.74) is 0.0330. The molecule has 1 unspecified atom stereocenters. The Labute approximate surface area is 131 Å². The van der Waals surface area contributed by atoms with E-state index in [0.29, 0.717) is 13.1 Å². The first-order valence-corrected chi connectivity index (χ1v) is 7.12. The average molecular weight is 328 g/mol. The molecule has 0 bridgehead atoms. The zero-order valence-corrected chi connectivity index (χ0v) is 12.6. The van der Waals surface area contributed by atoms with Crippen LogP contribution < -0.4 is 15.5 Å². The van der Waals surface area contributed by atoms with Gasteiger partial charge in [-0.15, -0.1) is 0 Å². The second-order valence-corrected chi connectivity index (χ2v) is 5.47. The molecule has 1 fully saturated rings. The molecule has 1 saturated heterocycles. The third kappa shape index (κ3) is 3.71. The van der Waals surface area contributed by atoms with Gasteiger partial charge in [-0.3, -0.25) is 19.7 Å². The monoisotopic (exact) mass is 327 g/mol. The average Bonchev–Trinajstić information content (AvgIpc) is 2.48. The van der Waals surface area contributed by atoms with E-state index in [1.807, 2.05) is 0 Å². The topological polar surface area (TPSA) is 106 Å². The predicted octanol–water partition coefficient (Wildman–Crippen LogP) is -0.410. The largest absolute Gasteiger partial charge is 0.346 e. The molecule has 8 nitrogen and oxygen atoms in total. The predicted molar refractivity (Wildman–Crippen MR) is 79.9 cm³/mol. The lowest BCUT2D eigenvalue weighted by Gasteiger charge is -2.28. The van der Waals surface area contributed by atoms with E-state index in [1.165, 1.54) is 18.2 Å². The molecule has 118 valence electrons. The molecule has 9 heteroatoms. The number of halogens is 1. The normalized spacial score (nSPS) is 19.2. The molecule has 1 heterocycles. The Morgan fingerprint density at radius 3 is 2.91 bits per heavy atom. The van der Waals surface area contributed by atoms with Gasteiger partial charge < -0.3 is 15.5 Å². The van der Waals surface area contributed by atoms with E-state index in [0.717, 1.165) is 4.90 Å². The molecule has 0 aliphatic carbocycles. The van der Waals surface area contributed by atoms with Gasteiger partial charge in [-0.25, -0.2) is 0 Å². The van der Waals surface area contributed by atoms with Crippen LogP contribution in [0.25, 0.3) is 0 Å². The van der Waals surface area contributed by atoms with Crippen molar-refractivity contribution in [2.75, 3.05) is 25.0 Å².